The molecule has 5 heteroatoms. The summed E-state index contributed by atoms with van der Waals surface area (Å²) in [5.41, 5.74) is 1.11. The Labute approximate surface area is 98.3 Å². The second-order valence-corrected chi connectivity index (χ2v) is 4.64. The molecule has 0 aliphatic carbocycles. The van der Waals surface area contributed by atoms with Crippen molar-refractivity contribution in [3.05, 3.63) is 42.2 Å². The second kappa shape index (κ2) is 5.03. The van der Waals surface area contributed by atoms with Gasteiger partial charge in [0.2, 0.25) is 0 Å². The molecule has 0 bridgehead atoms. The molecule has 4 nitrogen and oxygen atoms in total. The van der Waals surface area contributed by atoms with E-state index in [1.165, 1.54) is 0 Å². The van der Waals surface area contributed by atoms with Crippen LogP contribution >= 0.6 is 11.8 Å². The van der Waals surface area contributed by atoms with Crippen LogP contribution in [-0.2, 0) is 0 Å². The molecule has 1 atom stereocenters. The van der Waals surface area contributed by atoms with Gasteiger partial charge in [0, 0.05) is 6.20 Å². The second-order valence-electron chi connectivity index (χ2n) is 3.28. The first-order valence-corrected chi connectivity index (χ1v) is 6.12. The van der Waals surface area contributed by atoms with Crippen LogP contribution in [0.4, 0.5) is 0 Å². The number of phenolic OH excluding ortho intramolecular Hbond substituents is 1. The summed E-state index contributed by atoms with van der Waals surface area (Å²) < 4.78 is 1.82. The molecule has 0 saturated heterocycles. The van der Waals surface area contributed by atoms with Gasteiger partial charge in [0.1, 0.15) is 11.1 Å². The summed E-state index contributed by atoms with van der Waals surface area (Å²) in [6.07, 6.45) is 3.52. The molecular weight excluding hydrogens is 222 g/mol. The Bertz CT molecular complexity index is 427. The van der Waals surface area contributed by atoms with Crippen LogP contribution in [0, 0.1) is 0 Å². The zero-order chi connectivity index (χ0) is 11.4. The highest BCUT2D eigenvalue weighted by Gasteiger charge is 2.13. The number of benzene rings is 1. The highest BCUT2D eigenvalue weighted by atomic mass is 32.2. The lowest BCUT2D eigenvalue weighted by Crippen LogP contribution is -2.08. The van der Waals surface area contributed by atoms with Crippen LogP contribution in [0.15, 0.2) is 36.7 Å². The first-order valence-electron chi connectivity index (χ1n) is 5.07. The van der Waals surface area contributed by atoms with Crippen molar-refractivity contribution >= 4 is 11.8 Å². The standard InChI is InChI=1S/C11H13N3OS/c1-2-16-11(14-8-7-12-13-14)9-3-5-10(15)6-4-9/h3-8,11,15H,2H2,1H3. The van der Waals surface area contributed by atoms with E-state index in [0.717, 1.165) is 11.3 Å². The monoisotopic (exact) mass is 235 g/mol. The fourth-order valence-corrected chi connectivity index (χ4v) is 2.40. The third-order valence-corrected chi connectivity index (χ3v) is 3.32. The van der Waals surface area contributed by atoms with Gasteiger partial charge < -0.3 is 5.11 Å². The minimum Gasteiger partial charge on any atom is -0.508 e. The van der Waals surface area contributed by atoms with Crippen molar-refractivity contribution in [2.45, 2.75) is 12.3 Å². The van der Waals surface area contributed by atoms with Gasteiger partial charge in [-0.15, -0.1) is 16.9 Å². The molecule has 0 amide bonds. The van der Waals surface area contributed by atoms with E-state index < -0.39 is 0 Å². The number of nitrogens with zero attached hydrogens (tertiary/aromatic N) is 3. The molecule has 0 saturated carbocycles. The van der Waals surface area contributed by atoms with E-state index in [4.69, 9.17) is 0 Å². The maximum Gasteiger partial charge on any atom is 0.124 e. The van der Waals surface area contributed by atoms with Gasteiger partial charge in [0.05, 0.1) is 6.20 Å². The zero-order valence-electron chi connectivity index (χ0n) is 8.95. The summed E-state index contributed by atoms with van der Waals surface area (Å²) in [6.45, 7) is 2.11. The number of thioether (sulfide) groups is 1. The molecule has 84 valence electrons. The Kier molecular flexibility index (Phi) is 3.46. The predicted octanol–water partition coefficient (Wildman–Crippen LogP) is 2.28. The van der Waals surface area contributed by atoms with Crippen LogP contribution < -0.4 is 0 Å². The van der Waals surface area contributed by atoms with Gasteiger partial charge in [-0.3, -0.25) is 0 Å². The van der Waals surface area contributed by atoms with Crippen LogP contribution in [0.25, 0.3) is 0 Å². The molecule has 0 aliphatic heterocycles. The average molecular weight is 235 g/mol. The van der Waals surface area contributed by atoms with Crippen molar-refractivity contribution in [1.82, 2.24) is 15.0 Å². The van der Waals surface area contributed by atoms with Gasteiger partial charge in [-0.2, -0.15) is 0 Å². The van der Waals surface area contributed by atoms with Crippen molar-refractivity contribution < 1.29 is 5.11 Å². The molecule has 1 aromatic heterocycles. The van der Waals surface area contributed by atoms with E-state index in [-0.39, 0.29) is 11.1 Å². The Hall–Kier alpha value is -1.49. The number of aromatic hydroxyl groups is 1. The van der Waals surface area contributed by atoms with Crippen LogP contribution in [-0.4, -0.2) is 25.9 Å². The summed E-state index contributed by atoms with van der Waals surface area (Å²) in [5, 5.41) is 17.2. The number of aromatic nitrogens is 3. The predicted molar refractivity (Wildman–Crippen MR) is 64.4 cm³/mol. The SMILES string of the molecule is CCSC(c1ccc(O)cc1)n1ccnn1. The molecule has 0 radical (unpaired) electrons. The molecular formula is C11H13N3OS. The highest BCUT2D eigenvalue weighted by Crippen LogP contribution is 2.30. The van der Waals surface area contributed by atoms with Crippen LogP contribution in [0.1, 0.15) is 17.9 Å². The van der Waals surface area contributed by atoms with Crippen molar-refractivity contribution in [3.8, 4) is 5.75 Å². The number of hydrogen-bond donors (Lipinski definition) is 1. The third-order valence-electron chi connectivity index (χ3n) is 2.18. The van der Waals surface area contributed by atoms with Crippen molar-refractivity contribution in [1.29, 1.82) is 0 Å². The molecule has 2 aromatic rings. The van der Waals surface area contributed by atoms with Crippen LogP contribution in [0.3, 0.4) is 0 Å². The van der Waals surface area contributed by atoms with E-state index in [1.54, 1.807) is 30.1 Å². The van der Waals surface area contributed by atoms with Gasteiger partial charge >= 0.3 is 0 Å². The van der Waals surface area contributed by atoms with E-state index in [1.807, 2.05) is 23.0 Å². The van der Waals surface area contributed by atoms with E-state index in [2.05, 4.69) is 17.2 Å². The Balaban J connectivity index is 2.29. The summed E-state index contributed by atoms with van der Waals surface area (Å²) in [7, 11) is 0. The molecule has 0 aliphatic rings. The molecule has 16 heavy (non-hydrogen) atoms. The molecule has 1 heterocycles. The molecule has 1 aromatic carbocycles. The minimum atomic E-state index is 0.119. The number of phenols is 1. The quantitative estimate of drug-likeness (QED) is 0.883. The molecule has 1 unspecified atom stereocenters. The number of rotatable bonds is 4. The van der Waals surface area contributed by atoms with E-state index >= 15 is 0 Å². The highest BCUT2D eigenvalue weighted by molar-refractivity contribution is 7.99. The van der Waals surface area contributed by atoms with E-state index in [0.29, 0.717) is 0 Å². The molecule has 1 N–H and O–H groups in total. The van der Waals surface area contributed by atoms with Gasteiger partial charge in [-0.05, 0) is 23.4 Å². The Morgan fingerprint density at radius 1 is 1.38 bits per heavy atom. The first-order chi connectivity index (χ1) is 7.81. The van der Waals surface area contributed by atoms with Crippen molar-refractivity contribution in [2.75, 3.05) is 5.75 Å². The van der Waals surface area contributed by atoms with Gasteiger partial charge in [0.15, 0.2) is 0 Å². The number of hydrogen-bond acceptors (Lipinski definition) is 4. The zero-order valence-corrected chi connectivity index (χ0v) is 9.76. The third kappa shape index (κ3) is 2.36. The summed E-state index contributed by atoms with van der Waals surface area (Å²) in [6, 6.07) is 7.19. The minimum absolute atomic E-state index is 0.119. The van der Waals surface area contributed by atoms with Crippen LogP contribution in [0.2, 0.25) is 0 Å². The van der Waals surface area contributed by atoms with Gasteiger partial charge in [-0.25, -0.2) is 4.68 Å². The summed E-state index contributed by atoms with van der Waals surface area (Å²) in [5.74, 6) is 1.27. The lowest BCUT2D eigenvalue weighted by atomic mass is 10.2. The normalized spacial score (nSPS) is 12.6. The van der Waals surface area contributed by atoms with Crippen molar-refractivity contribution in [3.63, 3.8) is 0 Å². The lowest BCUT2D eigenvalue weighted by Gasteiger charge is -2.15. The Morgan fingerprint density at radius 3 is 2.69 bits per heavy atom. The lowest BCUT2D eigenvalue weighted by molar-refractivity contribution is 0.475. The summed E-state index contributed by atoms with van der Waals surface area (Å²) in [4.78, 5) is 0. The fraction of sp³-hybridized carbons (Fsp3) is 0.273. The smallest absolute Gasteiger partial charge is 0.124 e. The van der Waals surface area contributed by atoms with Crippen LogP contribution in [0.5, 0.6) is 5.75 Å². The summed E-state index contributed by atoms with van der Waals surface area (Å²) >= 11 is 1.77. The Morgan fingerprint density at radius 2 is 2.12 bits per heavy atom. The van der Waals surface area contributed by atoms with Crippen molar-refractivity contribution in [2.24, 2.45) is 0 Å². The first kappa shape index (κ1) is 11.0. The maximum atomic E-state index is 9.26. The topological polar surface area (TPSA) is 50.9 Å². The van der Waals surface area contributed by atoms with Gasteiger partial charge in [-0.1, -0.05) is 24.3 Å². The van der Waals surface area contributed by atoms with Gasteiger partial charge in [0.25, 0.3) is 0 Å². The average Bonchev–Trinajstić information content (AvgIpc) is 2.81. The molecule has 0 fully saturated rings. The molecule has 0 spiro atoms. The maximum absolute atomic E-state index is 9.26. The van der Waals surface area contributed by atoms with E-state index in [9.17, 15) is 5.11 Å². The fourth-order valence-electron chi connectivity index (χ4n) is 1.46. The molecule has 2 rings (SSSR count). The largest absolute Gasteiger partial charge is 0.508 e.